The van der Waals surface area contributed by atoms with Crippen LogP contribution >= 0.6 is 0 Å². The van der Waals surface area contributed by atoms with Crippen molar-refractivity contribution in [1.29, 1.82) is 0 Å². The summed E-state index contributed by atoms with van der Waals surface area (Å²) in [5.41, 5.74) is 2.06. The number of hydrogen-bond acceptors (Lipinski definition) is 2. The minimum atomic E-state index is -0.279. The molecule has 1 amide bonds. The summed E-state index contributed by atoms with van der Waals surface area (Å²) in [5, 5.41) is 2.84. The van der Waals surface area contributed by atoms with Crippen LogP contribution in [0.1, 0.15) is 24.2 Å². The quantitative estimate of drug-likeness (QED) is 0.928. The Hall–Kier alpha value is -2.23. The third-order valence-corrected chi connectivity index (χ3v) is 2.84. The van der Waals surface area contributed by atoms with Gasteiger partial charge in [0, 0.05) is 18.3 Å². The Balaban J connectivity index is 2.10. The van der Waals surface area contributed by atoms with Crippen molar-refractivity contribution in [1.82, 2.24) is 10.3 Å². The van der Waals surface area contributed by atoms with Gasteiger partial charge in [0.15, 0.2) is 0 Å². The fourth-order valence-corrected chi connectivity index (χ4v) is 1.72. The molecule has 0 aliphatic rings. The molecular weight excluding hydrogens is 255 g/mol. The Morgan fingerprint density at radius 1 is 1.20 bits per heavy atom. The highest BCUT2D eigenvalue weighted by Crippen LogP contribution is 2.17. The summed E-state index contributed by atoms with van der Waals surface area (Å²) in [4.78, 5) is 16.1. The van der Waals surface area contributed by atoms with Gasteiger partial charge < -0.3 is 5.32 Å². The largest absolute Gasteiger partial charge is 0.352 e. The van der Waals surface area contributed by atoms with Gasteiger partial charge in [-0.1, -0.05) is 13.8 Å². The Labute approximate surface area is 117 Å². The molecule has 0 saturated heterocycles. The van der Waals surface area contributed by atoms with E-state index in [2.05, 4.69) is 10.3 Å². The zero-order valence-electron chi connectivity index (χ0n) is 11.6. The molecule has 1 aromatic carbocycles. The number of hydrogen-bond donors (Lipinski definition) is 1. The number of nitrogens with zero attached hydrogens (tertiary/aromatic N) is 1. The van der Waals surface area contributed by atoms with E-state index in [9.17, 15) is 9.18 Å². The SMILES string of the molecule is CC(C)CNC(=O)c1ccc(-c2ccc(F)cc2)nc1. The maximum atomic E-state index is 12.8. The number of nitrogens with one attached hydrogen (secondary N) is 1. The Morgan fingerprint density at radius 3 is 2.45 bits per heavy atom. The van der Waals surface area contributed by atoms with Crippen molar-refractivity contribution in [2.75, 3.05) is 6.54 Å². The Bertz CT molecular complexity index is 576. The number of benzene rings is 1. The summed E-state index contributed by atoms with van der Waals surface area (Å²) in [6, 6.07) is 9.59. The van der Waals surface area contributed by atoms with Gasteiger partial charge in [-0.25, -0.2) is 4.39 Å². The van der Waals surface area contributed by atoms with Gasteiger partial charge in [-0.2, -0.15) is 0 Å². The molecule has 0 radical (unpaired) electrons. The van der Waals surface area contributed by atoms with Crippen molar-refractivity contribution in [3.8, 4) is 11.3 Å². The normalized spacial score (nSPS) is 10.6. The lowest BCUT2D eigenvalue weighted by Crippen LogP contribution is -2.27. The maximum absolute atomic E-state index is 12.8. The maximum Gasteiger partial charge on any atom is 0.252 e. The molecule has 0 aliphatic heterocycles. The molecule has 2 aromatic rings. The second-order valence-corrected chi connectivity index (χ2v) is 5.04. The van der Waals surface area contributed by atoms with Crippen LogP contribution in [0.15, 0.2) is 42.6 Å². The second-order valence-electron chi connectivity index (χ2n) is 5.04. The first-order chi connectivity index (χ1) is 9.56. The number of pyridine rings is 1. The fourth-order valence-electron chi connectivity index (χ4n) is 1.72. The summed E-state index contributed by atoms with van der Waals surface area (Å²) in [6.45, 7) is 4.71. The van der Waals surface area contributed by atoms with Crippen LogP contribution in [0.5, 0.6) is 0 Å². The first-order valence-electron chi connectivity index (χ1n) is 6.56. The van der Waals surface area contributed by atoms with Gasteiger partial charge in [-0.3, -0.25) is 9.78 Å². The third kappa shape index (κ3) is 3.63. The first-order valence-corrected chi connectivity index (χ1v) is 6.56. The molecule has 0 atom stereocenters. The van der Waals surface area contributed by atoms with Gasteiger partial charge >= 0.3 is 0 Å². The lowest BCUT2D eigenvalue weighted by Gasteiger charge is -2.08. The summed E-state index contributed by atoms with van der Waals surface area (Å²) in [6.07, 6.45) is 1.54. The van der Waals surface area contributed by atoms with Crippen LogP contribution in [0.25, 0.3) is 11.3 Å². The molecule has 0 unspecified atom stereocenters. The molecule has 1 N–H and O–H groups in total. The van der Waals surface area contributed by atoms with Crippen LogP contribution in [-0.4, -0.2) is 17.4 Å². The van der Waals surface area contributed by atoms with E-state index in [1.807, 2.05) is 13.8 Å². The van der Waals surface area contributed by atoms with Crippen molar-refractivity contribution < 1.29 is 9.18 Å². The van der Waals surface area contributed by atoms with Crippen molar-refractivity contribution in [3.05, 3.63) is 54.0 Å². The van der Waals surface area contributed by atoms with Crippen LogP contribution in [0, 0.1) is 11.7 Å². The van der Waals surface area contributed by atoms with E-state index in [0.29, 0.717) is 23.7 Å². The lowest BCUT2D eigenvalue weighted by molar-refractivity contribution is 0.0948. The van der Waals surface area contributed by atoms with E-state index in [4.69, 9.17) is 0 Å². The van der Waals surface area contributed by atoms with Crippen molar-refractivity contribution >= 4 is 5.91 Å². The Kier molecular flexibility index (Phi) is 4.45. The highest BCUT2D eigenvalue weighted by Gasteiger charge is 2.07. The predicted molar refractivity (Wildman–Crippen MR) is 76.8 cm³/mol. The molecule has 2 rings (SSSR count). The van der Waals surface area contributed by atoms with E-state index in [-0.39, 0.29) is 11.7 Å². The molecule has 104 valence electrons. The van der Waals surface area contributed by atoms with Crippen molar-refractivity contribution in [3.63, 3.8) is 0 Å². The molecule has 3 nitrogen and oxygen atoms in total. The van der Waals surface area contributed by atoms with Crippen molar-refractivity contribution in [2.45, 2.75) is 13.8 Å². The second kappa shape index (κ2) is 6.28. The molecule has 4 heteroatoms. The average Bonchev–Trinajstić information content (AvgIpc) is 2.46. The van der Waals surface area contributed by atoms with E-state index < -0.39 is 0 Å². The Morgan fingerprint density at radius 2 is 1.90 bits per heavy atom. The standard InChI is InChI=1S/C16H17FN2O/c1-11(2)9-19-16(20)13-5-8-15(18-10-13)12-3-6-14(17)7-4-12/h3-8,10-11H,9H2,1-2H3,(H,19,20). The summed E-state index contributed by atoms with van der Waals surface area (Å²) < 4.78 is 12.8. The number of carbonyl (C=O) groups is 1. The first kappa shape index (κ1) is 14.2. The highest BCUT2D eigenvalue weighted by atomic mass is 19.1. The molecular formula is C16H17FN2O. The zero-order valence-corrected chi connectivity index (χ0v) is 11.6. The third-order valence-electron chi connectivity index (χ3n) is 2.84. The lowest BCUT2D eigenvalue weighted by atomic mass is 10.1. The van der Waals surface area contributed by atoms with E-state index in [0.717, 1.165) is 5.56 Å². The fraction of sp³-hybridized carbons (Fsp3) is 0.250. The van der Waals surface area contributed by atoms with E-state index in [1.54, 1.807) is 24.3 Å². The highest BCUT2D eigenvalue weighted by molar-refractivity contribution is 5.94. The average molecular weight is 272 g/mol. The van der Waals surface area contributed by atoms with Crippen LogP contribution < -0.4 is 5.32 Å². The summed E-state index contributed by atoms with van der Waals surface area (Å²) in [7, 11) is 0. The number of amides is 1. The van der Waals surface area contributed by atoms with Gasteiger partial charge in [0.25, 0.3) is 5.91 Å². The molecule has 0 saturated carbocycles. The van der Waals surface area contributed by atoms with E-state index >= 15 is 0 Å². The summed E-state index contributed by atoms with van der Waals surface area (Å²) >= 11 is 0. The zero-order chi connectivity index (χ0) is 14.5. The number of rotatable bonds is 4. The van der Waals surface area contributed by atoms with Crippen LogP contribution in [0.3, 0.4) is 0 Å². The molecule has 1 aromatic heterocycles. The van der Waals surface area contributed by atoms with Gasteiger partial charge in [0.1, 0.15) is 5.82 Å². The minimum Gasteiger partial charge on any atom is -0.352 e. The molecule has 0 bridgehead atoms. The van der Waals surface area contributed by atoms with Crippen molar-refractivity contribution in [2.24, 2.45) is 5.92 Å². The van der Waals surface area contributed by atoms with Gasteiger partial charge in [-0.05, 0) is 42.3 Å². The molecule has 20 heavy (non-hydrogen) atoms. The number of aromatic nitrogens is 1. The van der Waals surface area contributed by atoms with Crippen LogP contribution in [0.4, 0.5) is 4.39 Å². The minimum absolute atomic E-state index is 0.128. The predicted octanol–water partition coefficient (Wildman–Crippen LogP) is 3.27. The molecule has 0 fully saturated rings. The van der Waals surface area contributed by atoms with E-state index in [1.165, 1.54) is 18.3 Å². The number of carbonyl (C=O) groups excluding carboxylic acids is 1. The molecule has 0 aliphatic carbocycles. The van der Waals surface area contributed by atoms with Crippen LogP contribution in [-0.2, 0) is 0 Å². The molecule has 1 heterocycles. The van der Waals surface area contributed by atoms with Gasteiger partial charge in [0.2, 0.25) is 0 Å². The van der Waals surface area contributed by atoms with Crippen LogP contribution in [0.2, 0.25) is 0 Å². The number of halogens is 1. The van der Waals surface area contributed by atoms with Gasteiger partial charge in [0.05, 0.1) is 11.3 Å². The smallest absolute Gasteiger partial charge is 0.252 e. The molecule has 0 spiro atoms. The summed E-state index contributed by atoms with van der Waals surface area (Å²) in [5.74, 6) is 0.000636. The monoisotopic (exact) mass is 272 g/mol. The topological polar surface area (TPSA) is 42.0 Å². The van der Waals surface area contributed by atoms with Gasteiger partial charge in [-0.15, -0.1) is 0 Å².